The number of nitrogens with zero attached hydrogens (tertiary/aromatic N) is 1. The van der Waals surface area contributed by atoms with Crippen molar-refractivity contribution in [1.29, 1.82) is 5.26 Å². The molecule has 3 nitrogen and oxygen atoms in total. The van der Waals surface area contributed by atoms with Gasteiger partial charge in [0.25, 0.3) is 0 Å². The van der Waals surface area contributed by atoms with Crippen molar-refractivity contribution in [1.82, 2.24) is 0 Å². The highest BCUT2D eigenvalue weighted by Gasteiger charge is 2.31. The van der Waals surface area contributed by atoms with Crippen molar-refractivity contribution in [2.45, 2.75) is 37.1 Å². The van der Waals surface area contributed by atoms with Gasteiger partial charge in [0, 0.05) is 4.90 Å². The predicted octanol–water partition coefficient (Wildman–Crippen LogP) is 3.84. The summed E-state index contributed by atoms with van der Waals surface area (Å²) in [4.78, 5) is 11.4. The van der Waals surface area contributed by atoms with Gasteiger partial charge >= 0.3 is 11.5 Å². The molecule has 0 aromatic heterocycles. The van der Waals surface area contributed by atoms with Gasteiger partial charge < -0.3 is 4.74 Å². The smallest absolute Gasteiger partial charge is 0.446 e. The Morgan fingerprint density at radius 1 is 1.33 bits per heavy atom. The third kappa shape index (κ3) is 5.31. The first-order valence-electron chi connectivity index (χ1n) is 6.28. The maximum Gasteiger partial charge on any atom is 0.446 e. The van der Waals surface area contributed by atoms with Gasteiger partial charge in [0.1, 0.15) is 0 Å². The van der Waals surface area contributed by atoms with Crippen LogP contribution >= 0.6 is 11.8 Å². The highest BCUT2D eigenvalue weighted by molar-refractivity contribution is 8.00. The molecule has 21 heavy (non-hydrogen) atoms. The number of alkyl halides is 3. The quantitative estimate of drug-likeness (QED) is 0.611. The Hall–Kier alpha value is -1.68. The maximum absolute atomic E-state index is 12.6. The van der Waals surface area contributed by atoms with Crippen molar-refractivity contribution in [2.24, 2.45) is 0 Å². The van der Waals surface area contributed by atoms with Gasteiger partial charge in [-0.3, -0.25) is 4.79 Å². The molecule has 0 bridgehead atoms. The minimum atomic E-state index is -4.48. The number of nitriles is 1. The van der Waals surface area contributed by atoms with Crippen LogP contribution in [-0.4, -0.2) is 18.1 Å². The van der Waals surface area contributed by atoms with Crippen molar-refractivity contribution in [3.8, 4) is 6.07 Å². The average Bonchev–Trinajstić information content (AvgIpc) is 2.38. The summed E-state index contributed by atoms with van der Waals surface area (Å²) >= 11 is -0.323. The van der Waals surface area contributed by atoms with E-state index < -0.39 is 11.5 Å². The zero-order valence-electron chi connectivity index (χ0n) is 11.6. The van der Waals surface area contributed by atoms with Crippen LogP contribution in [0.2, 0.25) is 0 Å². The Morgan fingerprint density at radius 2 is 2.00 bits per heavy atom. The lowest BCUT2D eigenvalue weighted by molar-refractivity contribution is -0.142. The topological polar surface area (TPSA) is 50.1 Å². The Labute approximate surface area is 125 Å². The number of carbonyl (C=O) groups is 1. The predicted molar refractivity (Wildman–Crippen MR) is 72.8 cm³/mol. The molecule has 7 heteroatoms. The molecule has 0 aliphatic rings. The molecule has 0 saturated carbocycles. The van der Waals surface area contributed by atoms with Crippen molar-refractivity contribution >= 4 is 17.7 Å². The Morgan fingerprint density at radius 3 is 2.48 bits per heavy atom. The number of esters is 1. The summed E-state index contributed by atoms with van der Waals surface area (Å²) in [6.45, 7) is 3.58. The molecule has 0 amide bonds. The second-order valence-electron chi connectivity index (χ2n) is 4.11. The molecule has 0 radical (unpaired) electrons. The van der Waals surface area contributed by atoms with E-state index in [1.54, 1.807) is 13.8 Å². The van der Waals surface area contributed by atoms with Crippen molar-refractivity contribution in [3.63, 3.8) is 0 Å². The van der Waals surface area contributed by atoms with Gasteiger partial charge in [-0.15, -0.1) is 0 Å². The first kappa shape index (κ1) is 17.4. The molecular formula is C14H14F3NO2S. The molecule has 0 spiro atoms. The van der Waals surface area contributed by atoms with Gasteiger partial charge in [0.15, 0.2) is 0 Å². The zero-order chi connectivity index (χ0) is 16.0. The number of rotatable bonds is 5. The third-order valence-electron chi connectivity index (χ3n) is 2.65. The highest BCUT2D eigenvalue weighted by atomic mass is 32.2. The number of halogens is 3. The lowest BCUT2D eigenvalue weighted by atomic mass is 10.0. The van der Waals surface area contributed by atoms with Crippen LogP contribution in [0.1, 0.15) is 30.5 Å². The zero-order valence-corrected chi connectivity index (χ0v) is 12.4. The SMILES string of the molecule is CCOC(=O)Cc1cc(CC)c(C#N)cc1SC(F)(F)F. The number of aryl methyl sites for hydroxylation is 1. The monoisotopic (exact) mass is 317 g/mol. The van der Waals surface area contributed by atoms with Gasteiger partial charge in [-0.05, 0) is 42.3 Å². The number of ether oxygens (including phenoxy) is 1. The van der Waals surface area contributed by atoms with Crippen molar-refractivity contribution in [3.05, 3.63) is 28.8 Å². The molecule has 0 N–H and O–H groups in total. The Balaban J connectivity index is 3.23. The summed E-state index contributed by atoms with van der Waals surface area (Å²) in [6.07, 6.45) is 0.251. The molecule has 0 aliphatic heterocycles. The molecule has 1 aromatic rings. The maximum atomic E-state index is 12.6. The molecular weight excluding hydrogens is 303 g/mol. The van der Waals surface area contributed by atoms with Crippen LogP contribution in [-0.2, 0) is 22.4 Å². The summed E-state index contributed by atoms with van der Waals surface area (Å²) in [6, 6.07) is 4.54. The van der Waals surface area contributed by atoms with Gasteiger partial charge in [0.2, 0.25) is 0 Å². The van der Waals surface area contributed by atoms with Gasteiger partial charge in [-0.25, -0.2) is 0 Å². The van der Waals surface area contributed by atoms with E-state index in [1.165, 1.54) is 12.1 Å². The van der Waals surface area contributed by atoms with E-state index in [1.807, 2.05) is 6.07 Å². The first-order valence-corrected chi connectivity index (χ1v) is 7.09. The highest BCUT2D eigenvalue weighted by Crippen LogP contribution is 2.39. The summed E-state index contributed by atoms with van der Waals surface area (Å²) in [5, 5.41) is 9.00. The minimum absolute atomic E-state index is 0.135. The van der Waals surface area contributed by atoms with E-state index in [0.717, 1.165) is 0 Å². The van der Waals surface area contributed by atoms with Crippen molar-refractivity contribution < 1.29 is 22.7 Å². The molecule has 0 unspecified atom stereocenters. The lowest BCUT2D eigenvalue weighted by Crippen LogP contribution is -2.10. The second kappa shape index (κ2) is 7.36. The van der Waals surface area contributed by atoms with E-state index in [0.29, 0.717) is 12.0 Å². The number of thioether (sulfide) groups is 1. The summed E-state index contributed by atoms with van der Waals surface area (Å²) in [5.74, 6) is -0.590. The number of carbonyl (C=O) groups excluding carboxylic acids is 1. The fourth-order valence-corrected chi connectivity index (χ4v) is 2.49. The molecule has 0 aliphatic carbocycles. The van der Waals surface area contributed by atoms with E-state index in [2.05, 4.69) is 0 Å². The fourth-order valence-electron chi connectivity index (χ4n) is 1.80. The van der Waals surface area contributed by atoms with E-state index in [9.17, 15) is 18.0 Å². The summed E-state index contributed by atoms with van der Waals surface area (Å²) < 4.78 is 42.5. The Bertz CT molecular complexity index is 565. The molecule has 0 fully saturated rings. The normalized spacial score (nSPS) is 11.0. The van der Waals surface area contributed by atoms with Crippen LogP contribution in [0, 0.1) is 11.3 Å². The minimum Gasteiger partial charge on any atom is -0.466 e. The molecule has 114 valence electrons. The van der Waals surface area contributed by atoms with Gasteiger partial charge in [-0.1, -0.05) is 13.0 Å². The van der Waals surface area contributed by atoms with Gasteiger partial charge in [0.05, 0.1) is 24.7 Å². The van der Waals surface area contributed by atoms with Crippen LogP contribution in [0.3, 0.4) is 0 Å². The van der Waals surface area contributed by atoms with Gasteiger partial charge in [-0.2, -0.15) is 18.4 Å². The number of hydrogen-bond acceptors (Lipinski definition) is 4. The van der Waals surface area contributed by atoms with E-state index in [4.69, 9.17) is 10.00 Å². The second-order valence-corrected chi connectivity index (χ2v) is 5.22. The molecule has 1 aromatic carbocycles. The molecule has 1 rings (SSSR count). The van der Waals surface area contributed by atoms with Crippen molar-refractivity contribution in [2.75, 3.05) is 6.61 Å². The van der Waals surface area contributed by atoms with E-state index in [-0.39, 0.29) is 40.8 Å². The molecule has 0 saturated heterocycles. The third-order valence-corrected chi connectivity index (χ3v) is 3.48. The van der Waals surface area contributed by atoms with Crippen LogP contribution < -0.4 is 0 Å². The van der Waals surface area contributed by atoms with E-state index >= 15 is 0 Å². The summed E-state index contributed by atoms with van der Waals surface area (Å²) in [5.41, 5.74) is -3.45. The molecule has 0 atom stereocenters. The number of benzene rings is 1. The van der Waals surface area contributed by atoms with Crippen LogP contribution in [0.25, 0.3) is 0 Å². The summed E-state index contributed by atoms with van der Waals surface area (Å²) in [7, 11) is 0. The first-order chi connectivity index (χ1) is 9.80. The largest absolute Gasteiger partial charge is 0.466 e. The van der Waals surface area contributed by atoms with Crippen LogP contribution in [0.15, 0.2) is 17.0 Å². The lowest BCUT2D eigenvalue weighted by Gasteiger charge is -2.13. The Kier molecular flexibility index (Phi) is 6.09. The number of hydrogen-bond donors (Lipinski definition) is 0. The standard InChI is InChI=1S/C14H14F3NO2S/c1-3-9-5-10(7-13(19)20-4-2)12(6-11(9)8-18)21-14(15,16)17/h5-6H,3-4,7H2,1-2H3. The van der Waals surface area contributed by atoms with Crippen LogP contribution in [0.4, 0.5) is 13.2 Å². The molecule has 0 heterocycles. The average molecular weight is 317 g/mol. The van der Waals surface area contributed by atoms with Crippen LogP contribution in [0.5, 0.6) is 0 Å². The fraction of sp³-hybridized carbons (Fsp3) is 0.429.